The topological polar surface area (TPSA) is 59.6 Å². The van der Waals surface area contributed by atoms with Crippen LogP contribution in [0.25, 0.3) is 0 Å². The third kappa shape index (κ3) is 1.83. The van der Waals surface area contributed by atoms with Crippen LogP contribution in [0.1, 0.15) is 19.4 Å². The number of para-hydroxylation sites is 1. The van der Waals surface area contributed by atoms with E-state index in [1.54, 1.807) is 0 Å². The van der Waals surface area contributed by atoms with E-state index >= 15 is 0 Å². The maximum Gasteiger partial charge on any atom is 0.189 e. The Hall–Kier alpha value is -1.71. The average Bonchev–Trinajstić information content (AvgIpc) is 2.61. The van der Waals surface area contributed by atoms with Crippen LogP contribution in [0.4, 0.5) is 0 Å². The summed E-state index contributed by atoms with van der Waals surface area (Å²) in [5.74, 6) is 1.39. The Bertz CT molecular complexity index is 416. The van der Waals surface area contributed by atoms with E-state index in [1.807, 2.05) is 31.2 Å². The molecule has 0 radical (unpaired) electrons. The number of ether oxygens (including phenoxy) is 1. The van der Waals surface area contributed by atoms with Crippen LogP contribution in [0.3, 0.4) is 0 Å². The first-order chi connectivity index (χ1) is 7.65. The van der Waals surface area contributed by atoms with Gasteiger partial charge in [-0.2, -0.15) is 0 Å². The second-order valence-corrected chi connectivity index (χ2v) is 4.09. The molecule has 0 amide bonds. The zero-order chi connectivity index (χ0) is 11.6. The minimum Gasteiger partial charge on any atom is -0.494 e. The molecule has 1 aromatic carbocycles. The monoisotopic (exact) mass is 219 g/mol. The fourth-order valence-electron chi connectivity index (χ4n) is 1.96. The van der Waals surface area contributed by atoms with Crippen LogP contribution < -0.4 is 15.8 Å². The minimum atomic E-state index is -0.254. The van der Waals surface area contributed by atoms with Crippen LogP contribution in [0.15, 0.2) is 29.3 Å². The molecule has 4 nitrogen and oxygen atoms in total. The van der Waals surface area contributed by atoms with Crippen LogP contribution in [0.2, 0.25) is 0 Å². The van der Waals surface area contributed by atoms with Gasteiger partial charge in [-0.25, -0.2) is 0 Å². The van der Waals surface area contributed by atoms with Gasteiger partial charge >= 0.3 is 0 Å². The Labute approximate surface area is 95.5 Å². The van der Waals surface area contributed by atoms with Crippen molar-refractivity contribution in [2.45, 2.75) is 19.4 Å². The first-order valence-corrected chi connectivity index (χ1v) is 5.46. The van der Waals surface area contributed by atoms with Crippen LogP contribution in [-0.2, 0) is 5.54 Å². The molecule has 86 valence electrons. The number of nitrogens with zero attached hydrogens (tertiary/aromatic N) is 1. The second-order valence-electron chi connectivity index (χ2n) is 4.09. The number of aliphatic imine (C=N–C) groups is 1. The lowest BCUT2D eigenvalue weighted by Gasteiger charge is -2.26. The van der Waals surface area contributed by atoms with Crippen molar-refractivity contribution in [1.82, 2.24) is 5.32 Å². The second kappa shape index (κ2) is 4.04. The summed E-state index contributed by atoms with van der Waals surface area (Å²) in [6, 6.07) is 7.99. The largest absolute Gasteiger partial charge is 0.494 e. The highest BCUT2D eigenvalue weighted by Crippen LogP contribution is 2.31. The van der Waals surface area contributed by atoms with Gasteiger partial charge in [-0.1, -0.05) is 18.2 Å². The van der Waals surface area contributed by atoms with Gasteiger partial charge in [-0.05, 0) is 19.9 Å². The number of rotatable bonds is 3. The fraction of sp³-hybridized carbons (Fsp3) is 0.417. The van der Waals surface area contributed by atoms with E-state index in [4.69, 9.17) is 10.5 Å². The Balaban J connectivity index is 2.33. The molecule has 1 atom stereocenters. The summed E-state index contributed by atoms with van der Waals surface area (Å²) >= 11 is 0. The highest BCUT2D eigenvalue weighted by atomic mass is 16.5. The molecule has 1 aromatic rings. The van der Waals surface area contributed by atoms with Gasteiger partial charge in [0.25, 0.3) is 0 Å². The lowest BCUT2D eigenvalue weighted by Crippen LogP contribution is -2.43. The Kier molecular flexibility index (Phi) is 2.73. The average molecular weight is 219 g/mol. The number of guanidine groups is 1. The number of hydrogen-bond donors (Lipinski definition) is 2. The molecule has 1 aliphatic rings. The minimum absolute atomic E-state index is 0.254. The third-order valence-electron chi connectivity index (χ3n) is 2.75. The molecule has 3 N–H and O–H groups in total. The van der Waals surface area contributed by atoms with E-state index in [0.29, 0.717) is 19.1 Å². The molecule has 1 unspecified atom stereocenters. The van der Waals surface area contributed by atoms with Crippen molar-refractivity contribution in [1.29, 1.82) is 0 Å². The summed E-state index contributed by atoms with van der Waals surface area (Å²) < 4.78 is 5.62. The maximum absolute atomic E-state index is 5.67. The first-order valence-electron chi connectivity index (χ1n) is 5.46. The van der Waals surface area contributed by atoms with Crippen LogP contribution in [-0.4, -0.2) is 19.1 Å². The molecule has 0 fully saturated rings. The summed E-state index contributed by atoms with van der Waals surface area (Å²) in [4.78, 5) is 4.19. The SMILES string of the molecule is CCOc1ccccc1C1(C)CN=C(N)N1. The Morgan fingerprint density at radius 3 is 2.88 bits per heavy atom. The predicted molar refractivity (Wildman–Crippen MR) is 64.6 cm³/mol. The summed E-state index contributed by atoms with van der Waals surface area (Å²) in [7, 11) is 0. The number of nitrogens with two attached hydrogens (primary N) is 1. The van der Waals surface area contributed by atoms with Crippen molar-refractivity contribution >= 4 is 5.96 Å². The zero-order valence-corrected chi connectivity index (χ0v) is 9.66. The predicted octanol–water partition coefficient (Wildman–Crippen LogP) is 1.22. The van der Waals surface area contributed by atoms with Gasteiger partial charge in [-0.15, -0.1) is 0 Å². The quantitative estimate of drug-likeness (QED) is 0.803. The molecule has 16 heavy (non-hydrogen) atoms. The van der Waals surface area contributed by atoms with Gasteiger partial charge in [0.05, 0.1) is 18.7 Å². The van der Waals surface area contributed by atoms with Crippen molar-refractivity contribution < 1.29 is 4.74 Å². The zero-order valence-electron chi connectivity index (χ0n) is 9.66. The van der Waals surface area contributed by atoms with Crippen LogP contribution in [0.5, 0.6) is 5.75 Å². The third-order valence-corrected chi connectivity index (χ3v) is 2.75. The molecule has 0 aromatic heterocycles. The molecule has 4 heteroatoms. The molecule has 0 saturated carbocycles. The van der Waals surface area contributed by atoms with Crippen molar-refractivity contribution in [3.63, 3.8) is 0 Å². The molecule has 1 aliphatic heterocycles. The van der Waals surface area contributed by atoms with Crippen molar-refractivity contribution in [3.8, 4) is 5.75 Å². The summed E-state index contributed by atoms with van der Waals surface area (Å²) in [6.45, 7) is 5.35. The normalized spacial score (nSPS) is 23.8. The maximum atomic E-state index is 5.67. The van der Waals surface area contributed by atoms with Crippen LogP contribution in [0, 0.1) is 0 Å². The summed E-state index contributed by atoms with van der Waals surface area (Å²) in [5.41, 5.74) is 6.51. The standard InChI is InChI=1S/C12H17N3O/c1-3-16-10-7-5-4-6-9(10)12(2)8-14-11(13)15-12/h4-7H,3,8H2,1-2H3,(H3,13,14,15). The number of hydrogen-bond acceptors (Lipinski definition) is 4. The molecular formula is C12H17N3O. The van der Waals surface area contributed by atoms with E-state index < -0.39 is 0 Å². The lowest BCUT2D eigenvalue weighted by atomic mass is 9.92. The summed E-state index contributed by atoms with van der Waals surface area (Å²) in [5, 5.41) is 3.19. The Morgan fingerprint density at radius 1 is 1.50 bits per heavy atom. The van der Waals surface area contributed by atoms with Gasteiger partial charge in [-0.3, -0.25) is 4.99 Å². The molecule has 0 aliphatic carbocycles. The molecule has 0 bridgehead atoms. The van der Waals surface area contributed by atoms with Crippen molar-refractivity contribution in [2.24, 2.45) is 10.7 Å². The number of nitrogens with one attached hydrogen (secondary N) is 1. The van der Waals surface area contributed by atoms with Crippen LogP contribution >= 0.6 is 0 Å². The van der Waals surface area contributed by atoms with Gasteiger partial charge in [0, 0.05) is 5.56 Å². The molecule has 2 rings (SSSR count). The summed E-state index contributed by atoms with van der Waals surface area (Å²) in [6.07, 6.45) is 0. The highest BCUT2D eigenvalue weighted by Gasteiger charge is 2.33. The molecule has 0 saturated heterocycles. The van der Waals surface area contributed by atoms with Gasteiger partial charge in [0.1, 0.15) is 5.75 Å². The van der Waals surface area contributed by atoms with Crippen molar-refractivity contribution in [3.05, 3.63) is 29.8 Å². The fourth-order valence-corrected chi connectivity index (χ4v) is 1.96. The highest BCUT2D eigenvalue weighted by molar-refractivity contribution is 5.81. The van der Waals surface area contributed by atoms with E-state index in [2.05, 4.69) is 17.2 Å². The van der Waals surface area contributed by atoms with E-state index in [-0.39, 0.29) is 5.54 Å². The van der Waals surface area contributed by atoms with Gasteiger partial charge in [0.15, 0.2) is 5.96 Å². The molecule has 1 heterocycles. The molecule has 0 spiro atoms. The van der Waals surface area contributed by atoms with E-state index in [1.165, 1.54) is 0 Å². The van der Waals surface area contributed by atoms with E-state index in [0.717, 1.165) is 11.3 Å². The van der Waals surface area contributed by atoms with Gasteiger partial charge in [0.2, 0.25) is 0 Å². The van der Waals surface area contributed by atoms with Crippen molar-refractivity contribution in [2.75, 3.05) is 13.2 Å². The smallest absolute Gasteiger partial charge is 0.189 e. The number of benzene rings is 1. The first kappa shape index (κ1) is 10.8. The van der Waals surface area contributed by atoms with E-state index in [9.17, 15) is 0 Å². The molecular weight excluding hydrogens is 202 g/mol. The van der Waals surface area contributed by atoms with Gasteiger partial charge < -0.3 is 15.8 Å². The lowest BCUT2D eigenvalue weighted by molar-refractivity contribution is 0.324. The Morgan fingerprint density at radius 2 is 2.25 bits per heavy atom.